The molecule has 0 saturated heterocycles. The van der Waals surface area contributed by atoms with Gasteiger partial charge in [0.2, 0.25) is 0 Å². The first-order valence-electron chi connectivity index (χ1n) is 11.9. The Morgan fingerprint density at radius 3 is 1.88 bits per heavy atom. The molecule has 4 atom stereocenters. The van der Waals surface area contributed by atoms with E-state index in [9.17, 15) is 10.2 Å². The van der Waals surface area contributed by atoms with Crippen molar-refractivity contribution in [2.24, 2.45) is 47.3 Å². The zero-order valence-corrected chi connectivity index (χ0v) is 17.2. The fraction of sp³-hybridized carbons (Fsp3) is 1.00. The van der Waals surface area contributed by atoms with E-state index in [1.165, 1.54) is 64.2 Å². The van der Waals surface area contributed by atoms with Crippen LogP contribution < -0.4 is 0 Å². The van der Waals surface area contributed by atoms with Crippen LogP contribution in [-0.4, -0.2) is 16.0 Å². The smallest absolute Gasteiger partial charge is 0.165 e. The quantitative estimate of drug-likeness (QED) is 0.538. The van der Waals surface area contributed by atoms with Crippen molar-refractivity contribution in [3.63, 3.8) is 0 Å². The maximum absolute atomic E-state index is 10.9. The van der Waals surface area contributed by atoms with Crippen LogP contribution in [0.15, 0.2) is 0 Å². The molecule has 2 heteroatoms. The van der Waals surface area contributed by atoms with E-state index >= 15 is 0 Å². The fourth-order valence-corrected chi connectivity index (χ4v) is 7.57. The molecule has 0 aromatic heterocycles. The molecule has 0 heterocycles. The van der Waals surface area contributed by atoms with Crippen LogP contribution in [-0.2, 0) is 0 Å². The van der Waals surface area contributed by atoms with Crippen LogP contribution in [0.5, 0.6) is 0 Å². The second kappa shape index (κ2) is 7.74. The third-order valence-corrected chi connectivity index (χ3v) is 9.48. The number of hydrogen-bond donors (Lipinski definition) is 2. The molecule has 0 spiro atoms. The van der Waals surface area contributed by atoms with Crippen molar-refractivity contribution in [3.8, 4) is 0 Å². The molecule has 7 rings (SSSR count). The highest BCUT2D eigenvalue weighted by atomic mass is 16.5. The molecule has 2 nitrogen and oxygen atoms in total. The topological polar surface area (TPSA) is 40.5 Å². The SMILES string of the molecule is CC1CC2CCC(C2)C(C)C2CCC(CC2)C(O)(O)CC2CCC1CC2. The zero-order chi connectivity index (χ0) is 18.3. The van der Waals surface area contributed by atoms with Gasteiger partial charge in [-0.3, -0.25) is 0 Å². The van der Waals surface area contributed by atoms with Crippen molar-refractivity contribution in [1.29, 1.82) is 0 Å². The Labute approximate surface area is 161 Å². The maximum atomic E-state index is 10.9. The molecule has 7 saturated carbocycles. The van der Waals surface area contributed by atoms with Gasteiger partial charge in [0, 0.05) is 12.3 Å². The summed E-state index contributed by atoms with van der Waals surface area (Å²) in [4.78, 5) is 0. The molecular weight excluding hydrogens is 320 g/mol. The zero-order valence-electron chi connectivity index (χ0n) is 17.2. The van der Waals surface area contributed by atoms with E-state index in [0.29, 0.717) is 12.3 Å². The lowest BCUT2D eigenvalue weighted by atomic mass is 9.67. The highest BCUT2D eigenvalue weighted by Gasteiger charge is 2.42. The molecule has 0 aromatic carbocycles. The second-order valence-electron chi connectivity index (χ2n) is 11.0. The molecule has 2 N–H and O–H groups in total. The van der Waals surface area contributed by atoms with E-state index in [2.05, 4.69) is 13.8 Å². The van der Waals surface area contributed by atoms with Gasteiger partial charge in [0.25, 0.3) is 0 Å². The van der Waals surface area contributed by atoms with Crippen molar-refractivity contribution in [2.45, 2.75) is 103 Å². The lowest BCUT2D eigenvalue weighted by Crippen LogP contribution is -2.43. The Balaban J connectivity index is 1.50. The molecule has 0 aromatic rings. The monoisotopic (exact) mass is 362 g/mol. The normalized spacial score (nSPS) is 49.4. The first kappa shape index (κ1) is 19.2. The minimum atomic E-state index is -1.41. The predicted molar refractivity (Wildman–Crippen MR) is 106 cm³/mol. The molecule has 26 heavy (non-hydrogen) atoms. The van der Waals surface area contributed by atoms with E-state index in [0.717, 1.165) is 48.3 Å². The summed E-state index contributed by atoms with van der Waals surface area (Å²) in [6.07, 6.45) is 16.1. The maximum Gasteiger partial charge on any atom is 0.165 e. The van der Waals surface area contributed by atoms with Crippen LogP contribution in [0.1, 0.15) is 97.3 Å². The first-order valence-corrected chi connectivity index (χ1v) is 11.9. The van der Waals surface area contributed by atoms with Gasteiger partial charge in [-0.2, -0.15) is 0 Å². The first-order chi connectivity index (χ1) is 12.4. The summed E-state index contributed by atoms with van der Waals surface area (Å²) in [7, 11) is 0. The summed E-state index contributed by atoms with van der Waals surface area (Å²) in [5.74, 6) is 4.59. The summed E-state index contributed by atoms with van der Waals surface area (Å²) in [5.41, 5.74) is 0. The van der Waals surface area contributed by atoms with Crippen LogP contribution in [0, 0.1) is 47.3 Å². The molecule has 0 aliphatic heterocycles. The van der Waals surface area contributed by atoms with E-state index < -0.39 is 5.79 Å². The standard InChI is InChI=1S/C24H42O2/c1-16-13-19-5-8-22(14-19)17(2)21-9-11-23(12-10-21)24(25,26)15-18-3-6-20(16)7-4-18/h16-23,25-26H,3-15H2,1-2H3. The van der Waals surface area contributed by atoms with Gasteiger partial charge in [-0.25, -0.2) is 0 Å². The van der Waals surface area contributed by atoms with Gasteiger partial charge in [0.05, 0.1) is 0 Å². The molecule has 0 amide bonds. The highest BCUT2D eigenvalue weighted by molar-refractivity contribution is 4.90. The van der Waals surface area contributed by atoms with Gasteiger partial charge >= 0.3 is 0 Å². The molecule has 7 aliphatic rings. The van der Waals surface area contributed by atoms with Crippen molar-refractivity contribution >= 4 is 0 Å². The van der Waals surface area contributed by atoms with Gasteiger partial charge < -0.3 is 10.2 Å². The average Bonchev–Trinajstić information content (AvgIpc) is 3.09. The highest BCUT2D eigenvalue weighted by Crippen LogP contribution is 2.49. The molecule has 4 unspecified atom stereocenters. The fourth-order valence-electron chi connectivity index (χ4n) is 7.57. The molecule has 7 fully saturated rings. The molecule has 0 radical (unpaired) electrons. The minimum Gasteiger partial charge on any atom is -0.365 e. The van der Waals surface area contributed by atoms with E-state index in [1.54, 1.807) is 0 Å². The molecule has 150 valence electrons. The van der Waals surface area contributed by atoms with Crippen molar-refractivity contribution < 1.29 is 10.2 Å². The third-order valence-electron chi connectivity index (χ3n) is 9.48. The number of hydrogen-bond acceptors (Lipinski definition) is 2. The van der Waals surface area contributed by atoms with Gasteiger partial charge in [0.1, 0.15) is 0 Å². The lowest BCUT2D eigenvalue weighted by Gasteiger charge is -2.42. The van der Waals surface area contributed by atoms with Crippen molar-refractivity contribution in [3.05, 3.63) is 0 Å². The largest absolute Gasteiger partial charge is 0.365 e. The van der Waals surface area contributed by atoms with Gasteiger partial charge in [-0.15, -0.1) is 0 Å². The van der Waals surface area contributed by atoms with Crippen LogP contribution in [0.2, 0.25) is 0 Å². The average molecular weight is 363 g/mol. The Kier molecular flexibility index (Phi) is 5.73. The van der Waals surface area contributed by atoms with E-state index in [-0.39, 0.29) is 5.92 Å². The summed E-state index contributed by atoms with van der Waals surface area (Å²) in [6.45, 7) is 5.02. The summed E-state index contributed by atoms with van der Waals surface area (Å²) < 4.78 is 0. The molecular formula is C24H42O2. The van der Waals surface area contributed by atoms with E-state index in [1.807, 2.05) is 0 Å². The van der Waals surface area contributed by atoms with E-state index in [4.69, 9.17) is 0 Å². The van der Waals surface area contributed by atoms with Crippen molar-refractivity contribution in [2.75, 3.05) is 0 Å². The predicted octanol–water partition coefficient (Wildman–Crippen LogP) is 5.76. The van der Waals surface area contributed by atoms with Crippen LogP contribution in [0.3, 0.4) is 0 Å². The number of aliphatic hydroxyl groups is 2. The molecule has 6 bridgehead atoms. The van der Waals surface area contributed by atoms with Crippen LogP contribution in [0.25, 0.3) is 0 Å². The molecule has 7 aliphatic carbocycles. The van der Waals surface area contributed by atoms with Crippen LogP contribution in [0.4, 0.5) is 0 Å². The van der Waals surface area contributed by atoms with Crippen LogP contribution >= 0.6 is 0 Å². The minimum absolute atomic E-state index is 0.117. The van der Waals surface area contributed by atoms with Gasteiger partial charge in [-0.1, -0.05) is 20.3 Å². The Morgan fingerprint density at radius 1 is 0.615 bits per heavy atom. The van der Waals surface area contributed by atoms with Gasteiger partial charge in [0.15, 0.2) is 5.79 Å². The summed E-state index contributed by atoms with van der Waals surface area (Å²) >= 11 is 0. The number of rotatable bonds is 0. The van der Waals surface area contributed by atoms with Gasteiger partial charge in [-0.05, 0) is 112 Å². The summed E-state index contributed by atoms with van der Waals surface area (Å²) in [5, 5.41) is 21.7. The van der Waals surface area contributed by atoms with Crippen molar-refractivity contribution in [1.82, 2.24) is 0 Å². The third kappa shape index (κ3) is 4.02. The second-order valence-corrected chi connectivity index (χ2v) is 11.0. The lowest BCUT2D eigenvalue weighted by molar-refractivity contribution is -0.222. The Hall–Kier alpha value is -0.0800. The summed E-state index contributed by atoms with van der Waals surface area (Å²) in [6, 6.07) is 0. The Bertz CT molecular complexity index is 457. The Morgan fingerprint density at radius 2 is 1.19 bits per heavy atom.